The molecular formula is C20H27F3N2O2S. The maximum atomic E-state index is 12.7. The largest absolute Gasteiger partial charge is 0.417 e. The van der Waals surface area contributed by atoms with Crippen LogP contribution in [0.1, 0.15) is 62.1 Å². The van der Waals surface area contributed by atoms with Gasteiger partial charge in [0.1, 0.15) is 9.84 Å². The molecule has 1 saturated carbocycles. The number of likely N-dealkylation sites (tertiary alicyclic amines) is 1. The first kappa shape index (κ1) is 20.1. The molecule has 1 aliphatic carbocycles. The normalized spacial score (nSPS) is 30.5. The maximum Gasteiger partial charge on any atom is 0.417 e. The first-order chi connectivity index (χ1) is 13.2. The molecule has 0 aromatic carbocycles. The van der Waals surface area contributed by atoms with Gasteiger partial charge >= 0.3 is 6.18 Å². The minimum atomic E-state index is -4.34. The molecule has 3 fully saturated rings. The molecule has 28 heavy (non-hydrogen) atoms. The molecule has 0 amide bonds. The average Bonchev–Trinajstić information content (AvgIpc) is 3.09. The molecule has 3 aliphatic rings. The number of hydrogen-bond donors (Lipinski definition) is 0. The number of sulfone groups is 1. The lowest BCUT2D eigenvalue weighted by atomic mass is 9.80. The van der Waals surface area contributed by atoms with Crippen LogP contribution in [0.4, 0.5) is 13.2 Å². The third-order valence-corrected chi connectivity index (χ3v) is 8.75. The highest BCUT2D eigenvalue weighted by molar-refractivity contribution is 7.91. The van der Waals surface area contributed by atoms with Gasteiger partial charge in [-0.25, -0.2) is 8.42 Å². The van der Waals surface area contributed by atoms with E-state index in [2.05, 4.69) is 9.88 Å². The predicted octanol–water partition coefficient (Wildman–Crippen LogP) is 4.03. The second-order valence-corrected chi connectivity index (χ2v) is 11.2. The van der Waals surface area contributed by atoms with E-state index in [0.717, 1.165) is 76.0 Å². The smallest absolute Gasteiger partial charge is 0.300 e. The highest BCUT2D eigenvalue weighted by Gasteiger charge is 2.44. The second-order valence-electron chi connectivity index (χ2n) is 8.85. The Balaban J connectivity index is 1.31. The van der Waals surface area contributed by atoms with E-state index >= 15 is 0 Å². The lowest BCUT2D eigenvalue weighted by molar-refractivity contribution is -0.137. The summed E-state index contributed by atoms with van der Waals surface area (Å²) >= 11 is 0. The molecule has 4 rings (SSSR count). The Morgan fingerprint density at radius 1 is 1.04 bits per heavy atom. The van der Waals surface area contributed by atoms with E-state index < -0.39 is 21.6 Å². The van der Waals surface area contributed by atoms with Crippen LogP contribution in [0, 0.1) is 5.41 Å². The summed E-state index contributed by atoms with van der Waals surface area (Å²) < 4.78 is 61.6. The fourth-order valence-corrected chi connectivity index (χ4v) is 6.90. The highest BCUT2D eigenvalue weighted by atomic mass is 32.2. The molecule has 1 aromatic rings. The highest BCUT2D eigenvalue weighted by Crippen LogP contribution is 2.44. The van der Waals surface area contributed by atoms with Gasteiger partial charge in [0.2, 0.25) is 0 Å². The quantitative estimate of drug-likeness (QED) is 0.731. The third-order valence-electron chi connectivity index (χ3n) is 7.10. The summed E-state index contributed by atoms with van der Waals surface area (Å²) in [5.41, 5.74) is 0.251. The minimum absolute atomic E-state index is 0.178. The van der Waals surface area contributed by atoms with E-state index in [1.54, 1.807) is 0 Å². The summed E-state index contributed by atoms with van der Waals surface area (Å²) in [6.07, 6.45) is 3.22. The van der Waals surface area contributed by atoms with Gasteiger partial charge in [0, 0.05) is 30.4 Å². The fraction of sp³-hybridized carbons (Fsp3) is 0.750. The van der Waals surface area contributed by atoms with Crippen LogP contribution < -0.4 is 0 Å². The number of rotatable bonds is 2. The minimum Gasteiger partial charge on any atom is -0.300 e. The molecule has 2 saturated heterocycles. The molecule has 0 unspecified atom stereocenters. The molecule has 2 aliphatic heterocycles. The molecule has 0 atom stereocenters. The summed E-state index contributed by atoms with van der Waals surface area (Å²) in [6, 6.07) is 3.17. The summed E-state index contributed by atoms with van der Waals surface area (Å²) in [6.45, 7) is 2.03. The molecule has 8 heteroatoms. The van der Waals surface area contributed by atoms with Crippen molar-refractivity contribution in [2.75, 3.05) is 24.6 Å². The number of pyridine rings is 1. The van der Waals surface area contributed by atoms with Gasteiger partial charge in [-0.05, 0) is 69.0 Å². The molecule has 0 radical (unpaired) electrons. The molecule has 3 heterocycles. The molecule has 156 valence electrons. The van der Waals surface area contributed by atoms with Crippen LogP contribution in [0.2, 0.25) is 0 Å². The molecule has 0 N–H and O–H groups in total. The zero-order valence-corrected chi connectivity index (χ0v) is 16.7. The number of aromatic nitrogens is 1. The van der Waals surface area contributed by atoms with Crippen LogP contribution in [-0.4, -0.2) is 48.9 Å². The molecule has 1 aromatic heterocycles. The number of nitrogens with zero attached hydrogens (tertiary/aromatic N) is 2. The van der Waals surface area contributed by atoms with E-state index in [1.807, 2.05) is 0 Å². The zero-order valence-electron chi connectivity index (χ0n) is 15.9. The van der Waals surface area contributed by atoms with Crippen LogP contribution >= 0.6 is 0 Å². The monoisotopic (exact) mass is 416 g/mol. The fourth-order valence-electron chi connectivity index (χ4n) is 5.21. The van der Waals surface area contributed by atoms with Crippen LogP contribution in [0.15, 0.2) is 18.3 Å². The molecule has 4 nitrogen and oxygen atoms in total. The van der Waals surface area contributed by atoms with Crippen molar-refractivity contribution in [1.82, 2.24) is 9.88 Å². The topological polar surface area (TPSA) is 50.3 Å². The Morgan fingerprint density at radius 2 is 1.71 bits per heavy atom. The van der Waals surface area contributed by atoms with Crippen molar-refractivity contribution < 1.29 is 21.6 Å². The Labute approximate surface area is 164 Å². The van der Waals surface area contributed by atoms with Crippen LogP contribution in [0.5, 0.6) is 0 Å². The summed E-state index contributed by atoms with van der Waals surface area (Å²) in [4.78, 5) is 6.62. The van der Waals surface area contributed by atoms with Crippen molar-refractivity contribution in [3.8, 4) is 0 Å². The van der Waals surface area contributed by atoms with Crippen LogP contribution in [0.25, 0.3) is 0 Å². The van der Waals surface area contributed by atoms with Crippen LogP contribution in [0.3, 0.4) is 0 Å². The Morgan fingerprint density at radius 3 is 2.29 bits per heavy atom. The van der Waals surface area contributed by atoms with E-state index in [-0.39, 0.29) is 11.3 Å². The van der Waals surface area contributed by atoms with Crippen molar-refractivity contribution >= 4 is 9.84 Å². The van der Waals surface area contributed by atoms with Gasteiger partial charge in [0.15, 0.2) is 0 Å². The van der Waals surface area contributed by atoms with Gasteiger partial charge in [-0.2, -0.15) is 13.2 Å². The summed E-state index contributed by atoms with van der Waals surface area (Å²) in [7, 11) is -2.83. The lowest BCUT2D eigenvalue weighted by Gasteiger charge is -2.37. The first-order valence-corrected chi connectivity index (χ1v) is 12.0. The van der Waals surface area contributed by atoms with Crippen molar-refractivity contribution in [2.45, 2.75) is 63.1 Å². The average molecular weight is 417 g/mol. The van der Waals surface area contributed by atoms with E-state index in [9.17, 15) is 21.6 Å². The number of alkyl halides is 3. The predicted molar refractivity (Wildman–Crippen MR) is 101 cm³/mol. The second kappa shape index (κ2) is 7.27. The van der Waals surface area contributed by atoms with Crippen molar-refractivity contribution in [1.29, 1.82) is 0 Å². The van der Waals surface area contributed by atoms with Crippen molar-refractivity contribution in [2.24, 2.45) is 5.41 Å². The molecular weight excluding hydrogens is 389 g/mol. The SMILES string of the molecule is O=S1(=O)CCC2(CCN(C3CCC(c4ccc(C(F)(F)F)cn4)CC3)C2)CC1. The first-order valence-electron chi connectivity index (χ1n) is 10.1. The third kappa shape index (κ3) is 4.22. The van der Waals surface area contributed by atoms with E-state index in [1.165, 1.54) is 6.07 Å². The van der Waals surface area contributed by atoms with Gasteiger partial charge < -0.3 is 0 Å². The standard InChI is InChI=1S/C20H27F3N2O2S/c21-20(22,23)16-3-6-18(24-13-16)15-1-4-17(5-2-15)25-10-7-19(14-25)8-11-28(26,27)12-9-19/h3,6,13,15,17H,1-2,4-5,7-12,14H2. The zero-order chi connectivity index (χ0) is 20.0. The van der Waals surface area contributed by atoms with Gasteiger partial charge in [-0.3, -0.25) is 9.88 Å². The summed E-state index contributed by atoms with van der Waals surface area (Å²) in [5.74, 6) is 0.885. The lowest BCUT2D eigenvalue weighted by Crippen LogP contribution is -2.40. The Hall–Kier alpha value is -1.15. The number of hydrogen-bond acceptors (Lipinski definition) is 4. The van der Waals surface area contributed by atoms with Gasteiger partial charge in [0.25, 0.3) is 0 Å². The van der Waals surface area contributed by atoms with Crippen molar-refractivity contribution in [3.05, 3.63) is 29.6 Å². The molecule has 1 spiro atoms. The Kier molecular flexibility index (Phi) is 5.23. The van der Waals surface area contributed by atoms with Gasteiger partial charge in [-0.1, -0.05) is 0 Å². The Bertz CT molecular complexity index is 786. The molecule has 0 bridgehead atoms. The maximum absolute atomic E-state index is 12.7. The number of halogens is 3. The van der Waals surface area contributed by atoms with E-state index in [4.69, 9.17) is 0 Å². The van der Waals surface area contributed by atoms with Crippen molar-refractivity contribution in [3.63, 3.8) is 0 Å². The van der Waals surface area contributed by atoms with Crippen LogP contribution in [-0.2, 0) is 16.0 Å². The summed E-state index contributed by atoms with van der Waals surface area (Å²) in [5, 5.41) is 0. The van der Waals surface area contributed by atoms with E-state index in [0.29, 0.717) is 17.5 Å². The van der Waals surface area contributed by atoms with Gasteiger partial charge in [0.05, 0.1) is 17.1 Å². The van der Waals surface area contributed by atoms with Gasteiger partial charge in [-0.15, -0.1) is 0 Å².